The van der Waals surface area contributed by atoms with E-state index in [1.54, 1.807) is 12.2 Å². The van der Waals surface area contributed by atoms with Crippen molar-refractivity contribution in [2.24, 2.45) is 0 Å². The highest BCUT2D eigenvalue weighted by Gasteiger charge is 1.87. The SMILES string of the molecule is C#C/C=C/CCOC(C)=O. The van der Waals surface area contributed by atoms with Gasteiger partial charge in [-0.3, -0.25) is 4.79 Å². The minimum Gasteiger partial charge on any atom is -0.466 e. The largest absolute Gasteiger partial charge is 0.466 e. The van der Waals surface area contributed by atoms with Crippen LogP contribution in [0.4, 0.5) is 0 Å². The number of carbonyl (C=O) groups is 1. The van der Waals surface area contributed by atoms with Gasteiger partial charge in [-0.25, -0.2) is 0 Å². The Balaban J connectivity index is 3.15. The summed E-state index contributed by atoms with van der Waals surface area (Å²) < 4.78 is 4.63. The van der Waals surface area contributed by atoms with E-state index >= 15 is 0 Å². The fourth-order valence-electron chi connectivity index (χ4n) is 0.422. The Morgan fingerprint density at radius 1 is 1.80 bits per heavy atom. The predicted molar refractivity (Wildman–Crippen MR) is 39.2 cm³/mol. The number of allylic oxidation sites excluding steroid dienone is 1. The molecule has 0 aliphatic heterocycles. The first-order chi connectivity index (χ1) is 4.77. The van der Waals surface area contributed by atoms with Crippen LogP contribution in [-0.4, -0.2) is 12.6 Å². The van der Waals surface area contributed by atoms with Crippen LogP contribution < -0.4 is 0 Å². The molecule has 10 heavy (non-hydrogen) atoms. The Bertz CT molecular complexity index is 163. The van der Waals surface area contributed by atoms with Gasteiger partial charge in [0.2, 0.25) is 0 Å². The molecule has 0 N–H and O–H groups in total. The molecule has 0 aromatic heterocycles. The quantitative estimate of drug-likeness (QED) is 0.332. The molecular weight excluding hydrogens is 128 g/mol. The van der Waals surface area contributed by atoms with Gasteiger partial charge in [0.15, 0.2) is 0 Å². The first-order valence-electron chi connectivity index (χ1n) is 3.02. The number of hydrogen-bond donors (Lipinski definition) is 0. The van der Waals surface area contributed by atoms with Crippen molar-refractivity contribution in [2.45, 2.75) is 13.3 Å². The number of terminal acetylenes is 1. The number of hydrogen-bond acceptors (Lipinski definition) is 2. The maximum atomic E-state index is 10.2. The average molecular weight is 138 g/mol. The Kier molecular flexibility index (Phi) is 5.17. The third-order valence-electron chi connectivity index (χ3n) is 0.804. The van der Waals surface area contributed by atoms with Crippen LogP contribution in [-0.2, 0) is 9.53 Å². The second-order valence-corrected chi connectivity index (χ2v) is 1.70. The van der Waals surface area contributed by atoms with Crippen LogP contribution in [0.25, 0.3) is 0 Å². The zero-order chi connectivity index (χ0) is 7.82. The van der Waals surface area contributed by atoms with Crippen LogP contribution in [0.1, 0.15) is 13.3 Å². The van der Waals surface area contributed by atoms with Crippen LogP contribution >= 0.6 is 0 Å². The van der Waals surface area contributed by atoms with Crippen molar-refractivity contribution >= 4 is 5.97 Å². The summed E-state index contributed by atoms with van der Waals surface area (Å²) in [5, 5.41) is 0. The summed E-state index contributed by atoms with van der Waals surface area (Å²) in [4.78, 5) is 10.2. The number of esters is 1. The van der Waals surface area contributed by atoms with E-state index in [1.165, 1.54) is 6.92 Å². The lowest BCUT2D eigenvalue weighted by molar-refractivity contribution is -0.140. The molecule has 0 unspecified atom stereocenters. The molecule has 0 amide bonds. The van der Waals surface area contributed by atoms with Gasteiger partial charge in [0.1, 0.15) is 0 Å². The average Bonchev–Trinajstić information content (AvgIpc) is 1.87. The highest BCUT2D eigenvalue weighted by molar-refractivity contribution is 5.65. The number of ether oxygens (including phenoxy) is 1. The molecule has 0 atom stereocenters. The van der Waals surface area contributed by atoms with Crippen molar-refractivity contribution in [3.8, 4) is 12.3 Å². The topological polar surface area (TPSA) is 26.3 Å². The molecule has 0 bridgehead atoms. The zero-order valence-corrected chi connectivity index (χ0v) is 5.96. The standard InChI is InChI=1S/C8H10O2/c1-3-4-5-6-7-10-8(2)9/h1,4-5H,6-7H2,2H3/b5-4+. The third kappa shape index (κ3) is 6.77. The molecule has 0 aliphatic rings. The molecule has 2 nitrogen and oxygen atoms in total. The summed E-state index contributed by atoms with van der Waals surface area (Å²) >= 11 is 0. The highest BCUT2D eigenvalue weighted by Crippen LogP contribution is 1.84. The summed E-state index contributed by atoms with van der Waals surface area (Å²) in [5.74, 6) is 2.08. The maximum Gasteiger partial charge on any atom is 0.302 e. The maximum absolute atomic E-state index is 10.2. The van der Waals surface area contributed by atoms with E-state index in [-0.39, 0.29) is 5.97 Å². The lowest BCUT2D eigenvalue weighted by atomic mass is 10.4. The summed E-state index contributed by atoms with van der Waals surface area (Å²) in [5.41, 5.74) is 0. The van der Waals surface area contributed by atoms with E-state index in [2.05, 4.69) is 10.7 Å². The minimum atomic E-state index is -0.255. The Morgan fingerprint density at radius 3 is 3.00 bits per heavy atom. The fraction of sp³-hybridized carbons (Fsp3) is 0.375. The Hall–Kier alpha value is -1.23. The molecule has 0 aromatic rings. The van der Waals surface area contributed by atoms with Crippen LogP contribution in [0.15, 0.2) is 12.2 Å². The fourth-order valence-corrected chi connectivity index (χ4v) is 0.422. The van der Waals surface area contributed by atoms with Gasteiger partial charge in [0.25, 0.3) is 0 Å². The normalized spacial score (nSPS) is 9.20. The van der Waals surface area contributed by atoms with Gasteiger partial charge in [-0.2, -0.15) is 0 Å². The van der Waals surface area contributed by atoms with Crippen LogP contribution in [0, 0.1) is 12.3 Å². The van der Waals surface area contributed by atoms with E-state index in [0.29, 0.717) is 13.0 Å². The third-order valence-corrected chi connectivity index (χ3v) is 0.804. The first-order valence-corrected chi connectivity index (χ1v) is 3.02. The smallest absolute Gasteiger partial charge is 0.302 e. The molecule has 0 spiro atoms. The van der Waals surface area contributed by atoms with Gasteiger partial charge in [0.05, 0.1) is 6.61 Å². The lowest BCUT2D eigenvalue weighted by Gasteiger charge is -1.95. The molecule has 0 heterocycles. The van der Waals surface area contributed by atoms with Crippen LogP contribution in [0.3, 0.4) is 0 Å². The molecule has 2 heteroatoms. The van der Waals surface area contributed by atoms with Gasteiger partial charge in [0, 0.05) is 13.3 Å². The molecule has 0 aliphatic carbocycles. The summed E-state index contributed by atoms with van der Waals surface area (Å²) in [6, 6.07) is 0. The van der Waals surface area contributed by atoms with E-state index in [0.717, 1.165) is 0 Å². The predicted octanol–water partition coefficient (Wildman–Crippen LogP) is 1.13. The molecule has 0 radical (unpaired) electrons. The monoisotopic (exact) mass is 138 g/mol. The Morgan fingerprint density at radius 2 is 2.50 bits per heavy atom. The van der Waals surface area contributed by atoms with Crippen molar-refractivity contribution in [1.82, 2.24) is 0 Å². The molecule has 0 saturated carbocycles. The van der Waals surface area contributed by atoms with Crippen LogP contribution in [0.2, 0.25) is 0 Å². The molecular formula is C8H10O2. The molecule has 0 fully saturated rings. The van der Waals surface area contributed by atoms with Crippen molar-refractivity contribution in [3.63, 3.8) is 0 Å². The molecule has 0 rings (SSSR count). The minimum absolute atomic E-state index is 0.255. The summed E-state index contributed by atoms with van der Waals surface area (Å²) in [7, 11) is 0. The van der Waals surface area contributed by atoms with E-state index in [1.807, 2.05) is 0 Å². The molecule has 0 saturated heterocycles. The first kappa shape index (κ1) is 8.77. The van der Waals surface area contributed by atoms with Crippen LogP contribution in [0.5, 0.6) is 0 Å². The molecule has 54 valence electrons. The van der Waals surface area contributed by atoms with Gasteiger partial charge < -0.3 is 4.74 Å². The van der Waals surface area contributed by atoms with Gasteiger partial charge >= 0.3 is 5.97 Å². The van der Waals surface area contributed by atoms with Gasteiger partial charge in [-0.1, -0.05) is 12.0 Å². The van der Waals surface area contributed by atoms with E-state index < -0.39 is 0 Å². The van der Waals surface area contributed by atoms with Crippen molar-refractivity contribution in [1.29, 1.82) is 0 Å². The number of rotatable bonds is 3. The lowest BCUT2D eigenvalue weighted by Crippen LogP contribution is -1.98. The summed E-state index contributed by atoms with van der Waals surface area (Å²) in [6.07, 6.45) is 8.98. The summed E-state index contributed by atoms with van der Waals surface area (Å²) in [6.45, 7) is 1.79. The molecule has 0 aromatic carbocycles. The van der Waals surface area contributed by atoms with E-state index in [4.69, 9.17) is 6.42 Å². The second kappa shape index (κ2) is 5.90. The van der Waals surface area contributed by atoms with E-state index in [9.17, 15) is 4.79 Å². The zero-order valence-electron chi connectivity index (χ0n) is 5.96. The highest BCUT2D eigenvalue weighted by atomic mass is 16.5. The van der Waals surface area contributed by atoms with Crippen molar-refractivity contribution in [3.05, 3.63) is 12.2 Å². The number of carbonyl (C=O) groups excluding carboxylic acids is 1. The Labute approximate surface area is 60.9 Å². The van der Waals surface area contributed by atoms with Crippen molar-refractivity contribution in [2.75, 3.05) is 6.61 Å². The van der Waals surface area contributed by atoms with Gasteiger partial charge in [-0.15, -0.1) is 6.42 Å². The second-order valence-electron chi connectivity index (χ2n) is 1.70. The van der Waals surface area contributed by atoms with Gasteiger partial charge in [-0.05, 0) is 6.08 Å². The van der Waals surface area contributed by atoms with Crippen molar-refractivity contribution < 1.29 is 9.53 Å².